The van der Waals surface area contributed by atoms with Crippen molar-refractivity contribution in [2.24, 2.45) is 0 Å². The number of rotatable bonds is 7. The standard InChI is InChI=1S/C16H19FN4O2S2/c17-12-4-1-2-5-13(12)18-15-19-20-16(25-15)24-11-3-6-14(22)21-7-9-23-10-8-21/h1-2,4-5H,3,6-11H2,(H,18,19). The van der Waals surface area contributed by atoms with Gasteiger partial charge in [0.2, 0.25) is 11.0 Å². The molecule has 134 valence electrons. The Morgan fingerprint density at radius 3 is 2.92 bits per heavy atom. The van der Waals surface area contributed by atoms with E-state index in [0.29, 0.717) is 43.5 Å². The summed E-state index contributed by atoms with van der Waals surface area (Å²) in [6.07, 6.45) is 1.32. The number of nitrogens with zero attached hydrogens (tertiary/aromatic N) is 3. The molecular weight excluding hydrogens is 363 g/mol. The zero-order valence-electron chi connectivity index (χ0n) is 13.6. The molecule has 25 heavy (non-hydrogen) atoms. The van der Waals surface area contributed by atoms with Crippen molar-refractivity contribution in [2.75, 3.05) is 37.4 Å². The molecular formula is C16H19FN4O2S2. The van der Waals surface area contributed by atoms with E-state index < -0.39 is 0 Å². The first kappa shape index (κ1) is 18.1. The Morgan fingerprint density at radius 2 is 2.12 bits per heavy atom. The van der Waals surface area contributed by atoms with Gasteiger partial charge >= 0.3 is 0 Å². The van der Waals surface area contributed by atoms with Gasteiger partial charge in [-0.1, -0.05) is 35.2 Å². The smallest absolute Gasteiger partial charge is 0.222 e. The number of ether oxygens (including phenoxy) is 1. The lowest BCUT2D eigenvalue weighted by atomic mass is 10.3. The van der Waals surface area contributed by atoms with E-state index in [0.717, 1.165) is 16.5 Å². The van der Waals surface area contributed by atoms with Crippen molar-refractivity contribution in [1.82, 2.24) is 15.1 Å². The minimum Gasteiger partial charge on any atom is -0.378 e. The Labute approximate surface area is 153 Å². The van der Waals surface area contributed by atoms with Crippen molar-refractivity contribution in [2.45, 2.75) is 17.2 Å². The van der Waals surface area contributed by atoms with Crippen LogP contribution in [0.25, 0.3) is 0 Å². The molecule has 6 nitrogen and oxygen atoms in total. The van der Waals surface area contributed by atoms with Gasteiger partial charge in [-0.3, -0.25) is 4.79 Å². The Bertz CT molecular complexity index is 707. The van der Waals surface area contributed by atoms with E-state index in [9.17, 15) is 9.18 Å². The minimum absolute atomic E-state index is 0.183. The van der Waals surface area contributed by atoms with Gasteiger partial charge in [-0.2, -0.15) is 0 Å². The summed E-state index contributed by atoms with van der Waals surface area (Å²) in [5, 5.41) is 11.6. The molecule has 1 aliphatic heterocycles. The van der Waals surface area contributed by atoms with Gasteiger partial charge in [0.1, 0.15) is 5.82 Å². The lowest BCUT2D eigenvalue weighted by molar-refractivity contribution is -0.135. The highest BCUT2D eigenvalue weighted by Crippen LogP contribution is 2.29. The van der Waals surface area contributed by atoms with E-state index in [1.807, 2.05) is 4.90 Å². The molecule has 1 saturated heterocycles. The van der Waals surface area contributed by atoms with Crippen LogP contribution in [0.5, 0.6) is 0 Å². The highest BCUT2D eigenvalue weighted by molar-refractivity contribution is 8.01. The number of anilines is 2. The molecule has 0 atom stereocenters. The maximum absolute atomic E-state index is 13.6. The first-order chi connectivity index (χ1) is 12.2. The molecule has 0 aliphatic carbocycles. The highest BCUT2D eigenvalue weighted by Gasteiger charge is 2.16. The van der Waals surface area contributed by atoms with Crippen LogP contribution in [0.4, 0.5) is 15.2 Å². The number of nitrogens with one attached hydrogen (secondary N) is 1. The zero-order valence-corrected chi connectivity index (χ0v) is 15.2. The molecule has 3 rings (SSSR count). The lowest BCUT2D eigenvalue weighted by Gasteiger charge is -2.26. The third-order valence-corrected chi connectivity index (χ3v) is 5.70. The maximum atomic E-state index is 13.6. The largest absolute Gasteiger partial charge is 0.378 e. The van der Waals surface area contributed by atoms with Crippen molar-refractivity contribution in [1.29, 1.82) is 0 Å². The number of thioether (sulfide) groups is 1. The van der Waals surface area contributed by atoms with Crippen LogP contribution in [0.2, 0.25) is 0 Å². The van der Waals surface area contributed by atoms with Crippen molar-refractivity contribution in [3.05, 3.63) is 30.1 Å². The SMILES string of the molecule is O=C(CCCSc1nnc(Nc2ccccc2F)s1)N1CCOCC1. The number of benzene rings is 1. The molecule has 2 heterocycles. The average Bonchev–Trinajstić information content (AvgIpc) is 3.09. The number of para-hydroxylation sites is 1. The van der Waals surface area contributed by atoms with Crippen LogP contribution < -0.4 is 5.32 Å². The molecule has 0 spiro atoms. The zero-order chi connectivity index (χ0) is 17.5. The van der Waals surface area contributed by atoms with Gasteiger partial charge in [0, 0.05) is 25.3 Å². The van der Waals surface area contributed by atoms with Crippen LogP contribution in [0.1, 0.15) is 12.8 Å². The fourth-order valence-electron chi connectivity index (χ4n) is 2.35. The fourth-order valence-corrected chi connectivity index (χ4v) is 4.12. The van der Waals surface area contributed by atoms with Gasteiger partial charge in [0.05, 0.1) is 18.9 Å². The normalized spacial score (nSPS) is 14.5. The number of morpholine rings is 1. The Balaban J connectivity index is 1.40. The van der Waals surface area contributed by atoms with Crippen molar-refractivity contribution < 1.29 is 13.9 Å². The van der Waals surface area contributed by atoms with E-state index in [1.165, 1.54) is 17.4 Å². The van der Waals surface area contributed by atoms with Crippen molar-refractivity contribution in [3.8, 4) is 0 Å². The summed E-state index contributed by atoms with van der Waals surface area (Å²) in [5.41, 5.74) is 0.381. The quantitative estimate of drug-likeness (QED) is 0.586. The summed E-state index contributed by atoms with van der Waals surface area (Å²) >= 11 is 2.93. The average molecular weight is 382 g/mol. The van der Waals surface area contributed by atoms with Gasteiger partial charge < -0.3 is 15.0 Å². The number of amides is 1. The number of carbonyl (C=O) groups is 1. The topological polar surface area (TPSA) is 67.4 Å². The third-order valence-electron chi connectivity index (χ3n) is 3.65. The number of carbonyl (C=O) groups excluding carboxylic acids is 1. The Hall–Kier alpha value is -1.71. The van der Waals surface area contributed by atoms with Crippen molar-refractivity contribution >= 4 is 39.8 Å². The van der Waals surface area contributed by atoms with Gasteiger partial charge in [0.25, 0.3) is 0 Å². The van der Waals surface area contributed by atoms with Crippen LogP contribution in [0, 0.1) is 5.82 Å². The molecule has 0 radical (unpaired) electrons. The van der Waals surface area contributed by atoms with Crippen LogP contribution in [0.15, 0.2) is 28.6 Å². The molecule has 1 N–H and O–H groups in total. The third kappa shape index (κ3) is 5.38. The summed E-state index contributed by atoms with van der Waals surface area (Å²) in [4.78, 5) is 13.9. The second-order valence-electron chi connectivity index (χ2n) is 5.42. The number of hydrogen-bond donors (Lipinski definition) is 1. The van der Waals surface area contributed by atoms with Crippen LogP contribution in [-0.2, 0) is 9.53 Å². The van der Waals surface area contributed by atoms with Crippen LogP contribution in [0.3, 0.4) is 0 Å². The summed E-state index contributed by atoms with van der Waals surface area (Å²) in [6.45, 7) is 2.63. The monoisotopic (exact) mass is 382 g/mol. The van der Waals surface area contributed by atoms with Crippen molar-refractivity contribution in [3.63, 3.8) is 0 Å². The molecule has 2 aromatic rings. The Morgan fingerprint density at radius 1 is 1.32 bits per heavy atom. The van der Waals surface area contributed by atoms with E-state index >= 15 is 0 Å². The second-order valence-corrected chi connectivity index (χ2v) is 7.74. The summed E-state index contributed by atoms with van der Waals surface area (Å²) < 4.78 is 19.7. The number of halogens is 1. The van der Waals surface area contributed by atoms with E-state index in [-0.39, 0.29) is 11.7 Å². The number of hydrogen-bond acceptors (Lipinski definition) is 7. The van der Waals surface area contributed by atoms with Crippen LogP contribution >= 0.6 is 23.1 Å². The molecule has 0 saturated carbocycles. The van der Waals surface area contributed by atoms with Gasteiger partial charge in [-0.25, -0.2) is 4.39 Å². The van der Waals surface area contributed by atoms with Gasteiger partial charge in [-0.05, 0) is 18.6 Å². The predicted molar refractivity (Wildman–Crippen MR) is 96.9 cm³/mol. The highest BCUT2D eigenvalue weighted by atomic mass is 32.2. The number of aromatic nitrogens is 2. The summed E-state index contributed by atoms with van der Waals surface area (Å²) in [7, 11) is 0. The van der Waals surface area contributed by atoms with E-state index in [2.05, 4.69) is 15.5 Å². The molecule has 0 unspecified atom stereocenters. The fraction of sp³-hybridized carbons (Fsp3) is 0.438. The van der Waals surface area contributed by atoms with Crippen LogP contribution in [-0.4, -0.2) is 53.1 Å². The molecule has 0 bridgehead atoms. The second kappa shape index (κ2) is 9.12. The van der Waals surface area contributed by atoms with E-state index in [1.54, 1.807) is 30.0 Å². The molecule has 9 heteroatoms. The van der Waals surface area contributed by atoms with Gasteiger partial charge in [0.15, 0.2) is 4.34 Å². The van der Waals surface area contributed by atoms with Gasteiger partial charge in [-0.15, -0.1) is 10.2 Å². The lowest BCUT2D eigenvalue weighted by Crippen LogP contribution is -2.40. The first-order valence-corrected chi connectivity index (χ1v) is 9.86. The maximum Gasteiger partial charge on any atom is 0.222 e. The molecule has 1 aromatic carbocycles. The molecule has 1 aromatic heterocycles. The molecule has 1 amide bonds. The Kier molecular flexibility index (Phi) is 6.60. The molecule has 1 fully saturated rings. The summed E-state index contributed by atoms with van der Waals surface area (Å²) in [6, 6.07) is 6.44. The first-order valence-electron chi connectivity index (χ1n) is 8.06. The summed E-state index contributed by atoms with van der Waals surface area (Å²) in [5.74, 6) is 0.654. The minimum atomic E-state index is -0.325. The van der Waals surface area contributed by atoms with E-state index in [4.69, 9.17) is 4.74 Å². The predicted octanol–water partition coefficient (Wildman–Crippen LogP) is 3.15. The molecule has 1 aliphatic rings.